The Hall–Kier alpha value is -3.87. The van der Waals surface area contributed by atoms with Crippen molar-refractivity contribution in [2.45, 2.75) is 57.9 Å². The van der Waals surface area contributed by atoms with E-state index in [0.717, 1.165) is 47.7 Å². The number of carbonyl (C=O) groups is 2. The first-order valence-electron chi connectivity index (χ1n) is 13.6. The Morgan fingerprint density at radius 3 is 2.05 bits per heavy atom. The summed E-state index contributed by atoms with van der Waals surface area (Å²) in [6.07, 6.45) is 8.92. The smallest absolute Gasteiger partial charge is 0.339 e. The predicted molar refractivity (Wildman–Crippen MR) is 150 cm³/mol. The van der Waals surface area contributed by atoms with E-state index in [1.807, 2.05) is 48.5 Å². The lowest BCUT2D eigenvalue weighted by Crippen LogP contribution is -2.52. The Morgan fingerprint density at radius 1 is 0.895 bits per heavy atom. The number of fused-ring (bicyclic) bond motifs is 2. The van der Waals surface area contributed by atoms with E-state index in [4.69, 9.17) is 0 Å². The molecule has 0 radical (unpaired) electrons. The van der Waals surface area contributed by atoms with Crippen LogP contribution in [0.25, 0.3) is 0 Å². The average Bonchev–Trinajstić information content (AvgIpc) is 2.89. The molecule has 1 amide bonds. The van der Waals surface area contributed by atoms with Gasteiger partial charge in [-0.2, -0.15) is 0 Å². The first-order chi connectivity index (χ1) is 18.3. The van der Waals surface area contributed by atoms with Gasteiger partial charge in [-0.3, -0.25) is 4.79 Å². The van der Waals surface area contributed by atoms with E-state index in [9.17, 15) is 14.7 Å². The van der Waals surface area contributed by atoms with Gasteiger partial charge < -0.3 is 21.1 Å². The van der Waals surface area contributed by atoms with Crippen molar-refractivity contribution in [3.63, 3.8) is 0 Å². The molecular formula is C31H36N4O3. The van der Waals surface area contributed by atoms with E-state index in [0.29, 0.717) is 11.4 Å². The summed E-state index contributed by atoms with van der Waals surface area (Å²) >= 11 is 0. The number of benzene rings is 2. The van der Waals surface area contributed by atoms with Crippen molar-refractivity contribution in [2.24, 2.45) is 17.8 Å². The zero-order valence-corrected chi connectivity index (χ0v) is 22.0. The monoisotopic (exact) mass is 512 g/mol. The number of nitrogens with zero attached hydrogens (tertiary/aromatic N) is 1. The van der Waals surface area contributed by atoms with Crippen molar-refractivity contribution in [3.8, 4) is 0 Å². The molecule has 2 bridgehead atoms. The summed E-state index contributed by atoms with van der Waals surface area (Å²) in [7, 11) is 0. The fourth-order valence-electron chi connectivity index (χ4n) is 6.50. The van der Waals surface area contributed by atoms with Gasteiger partial charge in [-0.25, -0.2) is 9.78 Å². The Kier molecular flexibility index (Phi) is 7.36. The fraction of sp³-hybridized carbons (Fsp3) is 0.387. The van der Waals surface area contributed by atoms with Crippen LogP contribution in [0.5, 0.6) is 0 Å². The fourth-order valence-corrected chi connectivity index (χ4v) is 6.50. The van der Waals surface area contributed by atoms with Crippen molar-refractivity contribution in [1.82, 2.24) is 10.3 Å². The number of amides is 1. The molecule has 5 rings (SSSR count). The van der Waals surface area contributed by atoms with E-state index < -0.39 is 5.97 Å². The summed E-state index contributed by atoms with van der Waals surface area (Å²) in [6.45, 7) is 4.53. The van der Waals surface area contributed by atoms with Crippen molar-refractivity contribution in [1.29, 1.82) is 0 Å². The minimum Gasteiger partial charge on any atom is -0.478 e. The van der Waals surface area contributed by atoms with Crippen LogP contribution >= 0.6 is 0 Å². The molecular weight excluding hydrogens is 476 g/mol. The predicted octanol–water partition coefficient (Wildman–Crippen LogP) is 6.99. The Balaban J connectivity index is 1.17. The van der Waals surface area contributed by atoms with Gasteiger partial charge in [0, 0.05) is 34.4 Å². The molecule has 0 aliphatic heterocycles. The van der Waals surface area contributed by atoms with E-state index in [1.54, 1.807) is 12.3 Å². The molecule has 1 aromatic heterocycles. The van der Waals surface area contributed by atoms with Gasteiger partial charge in [-0.15, -0.1) is 0 Å². The zero-order chi connectivity index (χ0) is 26.7. The molecule has 2 aromatic carbocycles. The number of hydrogen-bond donors (Lipinski definition) is 4. The molecule has 1 heterocycles. The quantitative estimate of drug-likeness (QED) is 0.259. The van der Waals surface area contributed by atoms with Gasteiger partial charge in [-0.1, -0.05) is 13.3 Å². The normalized spacial score (nSPS) is 24.3. The van der Waals surface area contributed by atoms with Crippen molar-refractivity contribution in [2.75, 3.05) is 10.6 Å². The second kappa shape index (κ2) is 10.9. The molecule has 0 saturated heterocycles. The molecule has 2 saturated carbocycles. The number of rotatable bonds is 8. The summed E-state index contributed by atoms with van der Waals surface area (Å²) in [5.74, 6) is 1.58. The molecule has 7 nitrogen and oxygen atoms in total. The van der Waals surface area contributed by atoms with Crippen LogP contribution in [0.3, 0.4) is 0 Å². The van der Waals surface area contributed by atoms with Gasteiger partial charge >= 0.3 is 5.97 Å². The third-order valence-corrected chi connectivity index (χ3v) is 8.09. The second-order valence-corrected chi connectivity index (χ2v) is 11.2. The summed E-state index contributed by atoms with van der Waals surface area (Å²) in [4.78, 5) is 28.6. The third kappa shape index (κ3) is 5.98. The minimum absolute atomic E-state index is 0.00301. The SMILES string of the molecule is CCC1CC2CC(C1)CC(C)(NC(=O)c1ccc(Nc3ccc(Nc4ncccc4C(=O)O)cc3)cc1)C2. The molecule has 2 fully saturated rings. The van der Waals surface area contributed by atoms with Crippen LogP contribution < -0.4 is 16.0 Å². The summed E-state index contributed by atoms with van der Waals surface area (Å²) in [5.41, 5.74) is 3.14. The topological polar surface area (TPSA) is 103 Å². The molecule has 2 unspecified atom stereocenters. The van der Waals surface area contributed by atoms with Crippen LogP contribution in [-0.2, 0) is 0 Å². The van der Waals surface area contributed by atoms with E-state index in [1.165, 1.54) is 31.7 Å². The maximum Gasteiger partial charge on any atom is 0.339 e. The highest BCUT2D eigenvalue weighted by Crippen LogP contribution is 2.47. The Labute approximate surface area is 224 Å². The first kappa shape index (κ1) is 25.8. The Bertz CT molecular complexity index is 1280. The highest BCUT2D eigenvalue weighted by molar-refractivity contribution is 5.95. The van der Waals surface area contributed by atoms with E-state index in [2.05, 4.69) is 34.8 Å². The lowest BCUT2D eigenvalue weighted by Gasteiger charge is -2.48. The molecule has 4 N–H and O–H groups in total. The summed E-state index contributed by atoms with van der Waals surface area (Å²) in [6, 6.07) is 18.2. The molecule has 2 aliphatic rings. The van der Waals surface area contributed by atoms with Gasteiger partial charge in [0.1, 0.15) is 11.4 Å². The summed E-state index contributed by atoms with van der Waals surface area (Å²) in [5, 5.41) is 19.1. The number of aromatic nitrogens is 1. The lowest BCUT2D eigenvalue weighted by molar-refractivity contribution is 0.0577. The number of pyridine rings is 1. The van der Waals surface area contributed by atoms with E-state index in [-0.39, 0.29) is 17.0 Å². The third-order valence-electron chi connectivity index (χ3n) is 8.09. The average molecular weight is 513 g/mol. The molecule has 2 aliphatic carbocycles. The minimum atomic E-state index is -1.03. The number of aromatic carboxylic acids is 1. The van der Waals surface area contributed by atoms with Crippen molar-refractivity contribution >= 4 is 34.8 Å². The number of hydrogen-bond acceptors (Lipinski definition) is 5. The van der Waals surface area contributed by atoms with Gasteiger partial charge in [0.05, 0.1) is 0 Å². The van der Waals surface area contributed by atoms with Gasteiger partial charge in [0.2, 0.25) is 0 Å². The molecule has 38 heavy (non-hydrogen) atoms. The number of carboxylic acid groups (broad SMARTS) is 1. The van der Waals surface area contributed by atoms with Crippen LogP contribution in [0.1, 0.15) is 73.1 Å². The molecule has 7 heteroatoms. The number of nitrogens with one attached hydrogen (secondary N) is 3. The number of carbonyl (C=O) groups excluding carboxylic acids is 1. The maximum absolute atomic E-state index is 13.1. The Morgan fingerprint density at radius 2 is 1.47 bits per heavy atom. The highest BCUT2D eigenvalue weighted by Gasteiger charge is 2.42. The first-order valence-corrected chi connectivity index (χ1v) is 13.6. The number of anilines is 4. The molecule has 198 valence electrons. The van der Waals surface area contributed by atoms with Crippen LogP contribution in [0.15, 0.2) is 66.9 Å². The zero-order valence-electron chi connectivity index (χ0n) is 22.0. The highest BCUT2D eigenvalue weighted by atomic mass is 16.4. The standard InChI is InChI=1S/C31H36N4O3/c1-3-20-15-21-17-22(16-20)19-31(2,18-21)35-29(36)23-6-8-24(9-7-23)33-25-10-12-26(13-11-25)34-28-27(30(37)38)5-4-14-32-28/h4-14,20-22,33H,3,15-19H2,1-2H3,(H,32,34)(H,35,36)(H,37,38). The molecule has 0 spiro atoms. The lowest BCUT2D eigenvalue weighted by atomic mass is 9.62. The largest absolute Gasteiger partial charge is 0.478 e. The van der Waals surface area contributed by atoms with Gasteiger partial charge in [0.15, 0.2) is 0 Å². The summed E-state index contributed by atoms with van der Waals surface area (Å²) < 4.78 is 0. The number of carboxylic acids is 1. The molecule has 2 atom stereocenters. The van der Waals surface area contributed by atoms with E-state index >= 15 is 0 Å². The van der Waals surface area contributed by atoms with Crippen LogP contribution in [0.2, 0.25) is 0 Å². The second-order valence-electron chi connectivity index (χ2n) is 11.2. The van der Waals surface area contributed by atoms with Crippen LogP contribution in [0.4, 0.5) is 22.9 Å². The van der Waals surface area contributed by atoms with Crippen LogP contribution in [0, 0.1) is 17.8 Å². The van der Waals surface area contributed by atoms with Crippen LogP contribution in [-0.4, -0.2) is 27.5 Å². The van der Waals surface area contributed by atoms with Gasteiger partial charge in [0.25, 0.3) is 5.91 Å². The van der Waals surface area contributed by atoms with Gasteiger partial charge in [-0.05, 0) is 117 Å². The van der Waals surface area contributed by atoms with Crippen molar-refractivity contribution in [3.05, 3.63) is 78.0 Å². The van der Waals surface area contributed by atoms with Crippen molar-refractivity contribution < 1.29 is 14.7 Å². The molecule has 3 aromatic rings. The maximum atomic E-state index is 13.1.